The lowest BCUT2D eigenvalue weighted by atomic mass is 10.2. The van der Waals surface area contributed by atoms with Crippen LogP contribution in [0.15, 0.2) is 27.2 Å². The zero-order valence-electron chi connectivity index (χ0n) is 9.91. The van der Waals surface area contributed by atoms with Gasteiger partial charge in [-0.3, -0.25) is 0 Å². The number of halogens is 2. The van der Waals surface area contributed by atoms with Gasteiger partial charge in [0, 0.05) is 36.5 Å². The smallest absolute Gasteiger partial charge is 0.223 e. The molecule has 0 atom stereocenters. The van der Waals surface area contributed by atoms with E-state index in [1.807, 2.05) is 0 Å². The number of benzene rings is 1. The Hall–Kier alpha value is -1.27. The number of rotatable bonds is 5. The number of aryl methyl sites for hydroxylation is 1. The quantitative estimate of drug-likeness (QED) is 0.862. The van der Waals surface area contributed by atoms with Crippen molar-refractivity contribution in [1.82, 2.24) is 15.5 Å². The average molecular weight is 314 g/mol. The molecule has 2 aromatic rings. The highest BCUT2D eigenvalue weighted by atomic mass is 79.9. The van der Waals surface area contributed by atoms with Gasteiger partial charge in [-0.2, -0.15) is 4.98 Å². The highest BCUT2D eigenvalue weighted by Gasteiger charge is 2.04. The van der Waals surface area contributed by atoms with E-state index in [1.54, 1.807) is 19.1 Å². The summed E-state index contributed by atoms with van der Waals surface area (Å²) < 4.78 is 19.2. The van der Waals surface area contributed by atoms with Crippen molar-refractivity contribution in [2.24, 2.45) is 0 Å². The summed E-state index contributed by atoms with van der Waals surface area (Å²) in [6.45, 7) is 2.90. The van der Waals surface area contributed by atoms with Crippen molar-refractivity contribution in [2.45, 2.75) is 19.9 Å². The molecule has 0 amide bonds. The molecule has 0 unspecified atom stereocenters. The zero-order chi connectivity index (χ0) is 13.0. The minimum atomic E-state index is -0.207. The van der Waals surface area contributed by atoms with Crippen molar-refractivity contribution >= 4 is 15.9 Å². The number of nitrogens with one attached hydrogen (secondary N) is 1. The Bertz CT molecular complexity index is 530. The van der Waals surface area contributed by atoms with Crippen molar-refractivity contribution in [2.75, 3.05) is 6.54 Å². The van der Waals surface area contributed by atoms with Crippen molar-refractivity contribution < 1.29 is 8.91 Å². The molecule has 0 saturated heterocycles. The average Bonchev–Trinajstić information content (AvgIpc) is 2.75. The fourth-order valence-corrected chi connectivity index (χ4v) is 1.95. The lowest BCUT2D eigenvalue weighted by molar-refractivity contribution is 0.387. The molecule has 1 heterocycles. The molecule has 96 valence electrons. The van der Waals surface area contributed by atoms with E-state index >= 15 is 0 Å². The summed E-state index contributed by atoms with van der Waals surface area (Å²) in [6, 6.07) is 4.89. The van der Waals surface area contributed by atoms with Crippen LogP contribution in [-0.4, -0.2) is 16.7 Å². The van der Waals surface area contributed by atoms with Crippen LogP contribution in [-0.2, 0) is 13.0 Å². The van der Waals surface area contributed by atoms with Gasteiger partial charge in [0.05, 0.1) is 0 Å². The van der Waals surface area contributed by atoms with Crippen LogP contribution in [0.4, 0.5) is 4.39 Å². The molecule has 18 heavy (non-hydrogen) atoms. The lowest BCUT2D eigenvalue weighted by Crippen LogP contribution is -2.18. The molecule has 4 nitrogen and oxygen atoms in total. The van der Waals surface area contributed by atoms with Gasteiger partial charge in [-0.1, -0.05) is 21.1 Å². The number of hydrogen-bond acceptors (Lipinski definition) is 4. The maximum absolute atomic E-state index is 13.4. The summed E-state index contributed by atoms with van der Waals surface area (Å²) in [5, 5.41) is 6.93. The fraction of sp³-hybridized carbons (Fsp3) is 0.333. The first kappa shape index (κ1) is 13.2. The minimum Gasteiger partial charge on any atom is -0.340 e. The van der Waals surface area contributed by atoms with E-state index in [9.17, 15) is 4.39 Å². The topological polar surface area (TPSA) is 51.0 Å². The molecule has 0 fully saturated rings. The van der Waals surface area contributed by atoms with Gasteiger partial charge >= 0.3 is 0 Å². The number of nitrogens with zero attached hydrogens (tertiary/aromatic N) is 2. The van der Waals surface area contributed by atoms with Crippen molar-refractivity contribution in [3.05, 3.63) is 45.8 Å². The van der Waals surface area contributed by atoms with Gasteiger partial charge in [0.1, 0.15) is 5.82 Å². The summed E-state index contributed by atoms with van der Waals surface area (Å²) in [6.07, 6.45) is 0.660. The van der Waals surface area contributed by atoms with Gasteiger partial charge in [0.25, 0.3) is 0 Å². The second-order valence-corrected chi connectivity index (χ2v) is 4.81. The first-order chi connectivity index (χ1) is 8.65. The second-order valence-electron chi connectivity index (χ2n) is 3.89. The Morgan fingerprint density at radius 1 is 1.44 bits per heavy atom. The van der Waals surface area contributed by atoms with Crippen LogP contribution in [0.25, 0.3) is 0 Å². The molecule has 6 heteroatoms. The van der Waals surface area contributed by atoms with Gasteiger partial charge < -0.3 is 9.84 Å². The third kappa shape index (κ3) is 3.61. The molecule has 1 N–H and O–H groups in total. The second kappa shape index (κ2) is 6.06. The highest BCUT2D eigenvalue weighted by molar-refractivity contribution is 9.10. The Morgan fingerprint density at radius 3 is 3.00 bits per heavy atom. The Labute approximate surface area is 113 Å². The summed E-state index contributed by atoms with van der Waals surface area (Å²) >= 11 is 3.32. The third-order valence-corrected chi connectivity index (χ3v) is 2.91. The predicted octanol–water partition coefficient (Wildman–Crippen LogP) is 2.61. The molecule has 0 bridgehead atoms. The van der Waals surface area contributed by atoms with Crippen LogP contribution in [0.1, 0.15) is 17.3 Å². The van der Waals surface area contributed by atoms with Crippen molar-refractivity contribution in [3.8, 4) is 0 Å². The number of aromatic nitrogens is 2. The summed E-state index contributed by atoms with van der Waals surface area (Å²) in [5.74, 6) is 1.01. The van der Waals surface area contributed by atoms with Gasteiger partial charge in [-0.25, -0.2) is 4.39 Å². The van der Waals surface area contributed by atoms with Crippen molar-refractivity contribution in [3.63, 3.8) is 0 Å². The maximum Gasteiger partial charge on any atom is 0.223 e. The standard InChI is InChI=1S/C12H13BrFN3O/c1-8-16-12(17-18-8)4-5-15-7-9-6-10(13)2-3-11(9)14/h2-3,6,15H,4-5,7H2,1H3. The van der Waals surface area contributed by atoms with Crippen LogP contribution < -0.4 is 5.32 Å². The Balaban J connectivity index is 1.80. The molecule has 0 saturated carbocycles. The van der Waals surface area contributed by atoms with Crippen LogP contribution in [0.5, 0.6) is 0 Å². The number of hydrogen-bond donors (Lipinski definition) is 1. The molecule has 1 aromatic carbocycles. The van der Waals surface area contributed by atoms with E-state index < -0.39 is 0 Å². The largest absolute Gasteiger partial charge is 0.340 e. The van der Waals surface area contributed by atoms with Crippen LogP contribution >= 0.6 is 15.9 Å². The normalized spacial score (nSPS) is 10.8. The molecule has 0 spiro atoms. The van der Waals surface area contributed by atoms with Gasteiger partial charge in [0.2, 0.25) is 5.89 Å². The molecule has 0 aliphatic heterocycles. The first-order valence-electron chi connectivity index (χ1n) is 5.59. The van der Waals surface area contributed by atoms with Crippen molar-refractivity contribution in [1.29, 1.82) is 0 Å². The molecule has 2 rings (SSSR count). The SMILES string of the molecule is Cc1nc(CCNCc2cc(Br)ccc2F)no1. The minimum absolute atomic E-state index is 0.207. The summed E-state index contributed by atoms with van der Waals surface area (Å²) in [4.78, 5) is 4.09. The van der Waals surface area contributed by atoms with E-state index in [1.165, 1.54) is 6.07 Å². The molecule has 1 aromatic heterocycles. The Kier molecular flexibility index (Phi) is 4.43. The highest BCUT2D eigenvalue weighted by Crippen LogP contribution is 2.15. The van der Waals surface area contributed by atoms with Crippen LogP contribution in [0, 0.1) is 12.7 Å². The summed E-state index contributed by atoms with van der Waals surface area (Å²) in [5.41, 5.74) is 0.633. The van der Waals surface area contributed by atoms with Crippen LogP contribution in [0.3, 0.4) is 0 Å². The predicted molar refractivity (Wildman–Crippen MR) is 68.5 cm³/mol. The Morgan fingerprint density at radius 2 is 2.28 bits per heavy atom. The molecule has 0 aliphatic carbocycles. The first-order valence-corrected chi connectivity index (χ1v) is 6.38. The molecular formula is C12H13BrFN3O. The monoisotopic (exact) mass is 313 g/mol. The zero-order valence-corrected chi connectivity index (χ0v) is 11.5. The van der Waals surface area contributed by atoms with E-state index in [-0.39, 0.29) is 5.82 Å². The lowest BCUT2D eigenvalue weighted by Gasteiger charge is -2.05. The van der Waals surface area contributed by atoms with E-state index in [0.29, 0.717) is 36.8 Å². The van der Waals surface area contributed by atoms with Gasteiger partial charge in [-0.05, 0) is 18.2 Å². The van der Waals surface area contributed by atoms with Crippen LogP contribution in [0.2, 0.25) is 0 Å². The van der Waals surface area contributed by atoms with E-state index in [2.05, 4.69) is 31.4 Å². The molecule has 0 aliphatic rings. The van der Waals surface area contributed by atoms with Gasteiger partial charge in [-0.15, -0.1) is 0 Å². The van der Waals surface area contributed by atoms with E-state index in [4.69, 9.17) is 4.52 Å². The third-order valence-electron chi connectivity index (χ3n) is 2.42. The molecule has 0 radical (unpaired) electrons. The summed E-state index contributed by atoms with van der Waals surface area (Å²) in [7, 11) is 0. The maximum atomic E-state index is 13.4. The van der Waals surface area contributed by atoms with Gasteiger partial charge in [0.15, 0.2) is 5.82 Å². The fourth-order valence-electron chi connectivity index (χ4n) is 1.54. The molecular weight excluding hydrogens is 301 g/mol. The van der Waals surface area contributed by atoms with E-state index in [0.717, 1.165) is 4.47 Å².